The Morgan fingerprint density at radius 3 is 2.12 bits per heavy atom. The Morgan fingerprint density at radius 1 is 1.04 bits per heavy atom. The molecule has 0 bridgehead atoms. The first-order chi connectivity index (χ1) is 12.3. The second-order valence-corrected chi connectivity index (χ2v) is 7.42. The Morgan fingerprint density at radius 2 is 1.62 bits per heavy atom. The molecule has 0 aromatic heterocycles. The highest BCUT2D eigenvalue weighted by atomic mass is 35.5. The molecule has 0 aliphatic heterocycles. The van der Waals surface area contributed by atoms with E-state index < -0.39 is 0 Å². The quantitative estimate of drug-likeness (QED) is 0.404. The minimum atomic E-state index is -0.370. The van der Waals surface area contributed by atoms with Crippen LogP contribution in [0.25, 0.3) is 0 Å². The van der Waals surface area contributed by atoms with Gasteiger partial charge in [0.2, 0.25) is 0 Å². The summed E-state index contributed by atoms with van der Waals surface area (Å²) < 4.78 is 10.5. The maximum absolute atomic E-state index is 11.8. The van der Waals surface area contributed by atoms with Gasteiger partial charge in [-0.25, -0.2) is 4.79 Å². The van der Waals surface area contributed by atoms with E-state index in [2.05, 4.69) is 13.8 Å². The van der Waals surface area contributed by atoms with Crippen molar-refractivity contribution < 1.29 is 14.3 Å². The van der Waals surface area contributed by atoms with Gasteiger partial charge in [0.25, 0.3) is 0 Å². The van der Waals surface area contributed by atoms with E-state index in [1.165, 1.54) is 0 Å². The number of esters is 1. The minimum absolute atomic E-state index is 0.330. The Kier molecular flexibility index (Phi) is 7.22. The predicted octanol–water partition coefficient (Wildman–Crippen LogP) is 6.11. The molecule has 26 heavy (non-hydrogen) atoms. The van der Waals surface area contributed by atoms with Crippen molar-refractivity contribution in [1.82, 2.24) is 0 Å². The Labute approximate surface area is 169 Å². The van der Waals surface area contributed by atoms with Crippen molar-refractivity contribution >= 4 is 40.8 Å². The number of ether oxygens (including phenoxy) is 2. The first-order valence-corrected chi connectivity index (χ1v) is 9.56. The molecular weight excluding hydrogens is 395 g/mol. The molecule has 0 saturated heterocycles. The number of carbonyl (C=O) groups excluding carboxylic acids is 1. The van der Waals surface area contributed by atoms with Crippen LogP contribution in [0.5, 0.6) is 5.75 Å². The van der Waals surface area contributed by atoms with Crippen LogP contribution in [0.4, 0.5) is 0 Å². The number of hydrogen-bond acceptors (Lipinski definition) is 3. The van der Waals surface area contributed by atoms with Gasteiger partial charge in [-0.15, -0.1) is 11.6 Å². The maximum Gasteiger partial charge on any atom is 0.338 e. The van der Waals surface area contributed by atoms with Crippen molar-refractivity contribution in [2.75, 3.05) is 19.1 Å². The van der Waals surface area contributed by atoms with E-state index in [-0.39, 0.29) is 11.4 Å². The van der Waals surface area contributed by atoms with E-state index in [0.29, 0.717) is 40.5 Å². The summed E-state index contributed by atoms with van der Waals surface area (Å²) in [6, 6.07) is 11.0. The molecular formula is C20H21Cl3O3. The Hall–Kier alpha value is -1.42. The summed E-state index contributed by atoms with van der Waals surface area (Å²) in [5.74, 6) is 0.460. The molecule has 140 valence electrons. The van der Waals surface area contributed by atoms with E-state index >= 15 is 0 Å². The molecule has 0 saturated carbocycles. The summed E-state index contributed by atoms with van der Waals surface area (Å²) in [6.45, 7) is 6.59. The molecule has 0 aliphatic rings. The van der Waals surface area contributed by atoms with E-state index in [1.807, 2.05) is 24.3 Å². The Bertz CT molecular complexity index is 747. The molecule has 2 rings (SSSR count). The molecule has 0 atom stereocenters. The highest BCUT2D eigenvalue weighted by Crippen LogP contribution is 2.40. The molecule has 0 fully saturated rings. The lowest BCUT2D eigenvalue weighted by Gasteiger charge is -2.27. The predicted molar refractivity (Wildman–Crippen MR) is 107 cm³/mol. The molecule has 0 radical (unpaired) electrons. The topological polar surface area (TPSA) is 35.5 Å². The third kappa shape index (κ3) is 4.64. The molecule has 0 N–H and O–H groups in total. The minimum Gasteiger partial charge on any atom is -0.489 e. The summed E-state index contributed by atoms with van der Waals surface area (Å²) in [5, 5.41) is 0.877. The maximum atomic E-state index is 11.8. The van der Waals surface area contributed by atoms with E-state index in [0.717, 1.165) is 11.1 Å². The molecule has 6 heteroatoms. The second-order valence-electron chi connectivity index (χ2n) is 6.23. The van der Waals surface area contributed by atoms with Gasteiger partial charge in [-0.3, -0.25) is 0 Å². The van der Waals surface area contributed by atoms with Gasteiger partial charge in [0.15, 0.2) is 5.75 Å². The number of benzene rings is 2. The van der Waals surface area contributed by atoms with Gasteiger partial charge in [0.05, 0.1) is 28.1 Å². The van der Waals surface area contributed by atoms with Gasteiger partial charge in [-0.05, 0) is 42.3 Å². The second kappa shape index (κ2) is 8.98. The summed E-state index contributed by atoms with van der Waals surface area (Å²) in [5.41, 5.74) is 2.11. The van der Waals surface area contributed by atoms with Crippen molar-refractivity contribution in [2.24, 2.45) is 0 Å². The standard InChI is InChI=1S/C20H21Cl3O3/c1-4-25-19(24)13-5-7-14(8-6-13)20(2,3)15-11-16(22)18(17(23)12-15)26-10-9-21/h5-8,11-12H,4,9-10H2,1-3H3. The van der Waals surface area contributed by atoms with E-state index in [9.17, 15) is 4.79 Å². The van der Waals surface area contributed by atoms with E-state index in [1.54, 1.807) is 19.1 Å². The third-order valence-corrected chi connectivity index (χ3v) is 4.88. The van der Waals surface area contributed by atoms with Crippen molar-refractivity contribution in [3.63, 3.8) is 0 Å². The summed E-state index contributed by atoms with van der Waals surface area (Å²) in [7, 11) is 0. The molecule has 2 aromatic rings. The zero-order valence-corrected chi connectivity index (χ0v) is 17.2. The van der Waals surface area contributed by atoms with Crippen molar-refractivity contribution in [3.05, 3.63) is 63.1 Å². The van der Waals surface area contributed by atoms with Crippen molar-refractivity contribution in [3.8, 4) is 5.75 Å². The summed E-state index contributed by atoms with van der Waals surface area (Å²) >= 11 is 18.4. The summed E-state index contributed by atoms with van der Waals surface area (Å²) in [6.07, 6.45) is 0. The zero-order chi connectivity index (χ0) is 19.3. The van der Waals surface area contributed by atoms with Gasteiger partial charge in [-0.2, -0.15) is 0 Å². The van der Waals surface area contributed by atoms with Crippen molar-refractivity contribution in [1.29, 1.82) is 0 Å². The van der Waals surface area contributed by atoms with Crippen LogP contribution in [0.2, 0.25) is 10.0 Å². The average molecular weight is 416 g/mol. The number of alkyl halides is 1. The molecule has 0 aliphatic carbocycles. The monoisotopic (exact) mass is 414 g/mol. The normalized spacial score (nSPS) is 11.3. The van der Waals surface area contributed by atoms with E-state index in [4.69, 9.17) is 44.3 Å². The highest BCUT2D eigenvalue weighted by molar-refractivity contribution is 6.37. The zero-order valence-electron chi connectivity index (χ0n) is 14.9. The lowest BCUT2D eigenvalue weighted by Crippen LogP contribution is -2.19. The molecule has 0 unspecified atom stereocenters. The fourth-order valence-corrected chi connectivity index (χ4v) is 3.28. The van der Waals surface area contributed by atoms with Crippen LogP contribution in [0.3, 0.4) is 0 Å². The smallest absolute Gasteiger partial charge is 0.338 e. The lowest BCUT2D eigenvalue weighted by atomic mass is 9.78. The van der Waals surface area contributed by atoms with Crippen LogP contribution in [-0.4, -0.2) is 25.1 Å². The average Bonchev–Trinajstić information content (AvgIpc) is 2.61. The Balaban J connectivity index is 2.33. The van der Waals surface area contributed by atoms with Gasteiger partial charge in [0.1, 0.15) is 6.61 Å². The SMILES string of the molecule is CCOC(=O)c1ccc(C(C)(C)c2cc(Cl)c(OCCCl)c(Cl)c2)cc1. The lowest BCUT2D eigenvalue weighted by molar-refractivity contribution is 0.0526. The van der Waals surface area contributed by atoms with Crippen LogP contribution >= 0.6 is 34.8 Å². The van der Waals surface area contributed by atoms with Gasteiger partial charge in [0, 0.05) is 5.41 Å². The molecule has 0 spiro atoms. The first-order valence-electron chi connectivity index (χ1n) is 8.27. The summed E-state index contributed by atoms with van der Waals surface area (Å²) in [4.78, 5) is 11.8. The largest absolute Gasteiger partial charge is 0.489 e. The van der Waals surface area contributed by atoms with Crippen LogP contribution < -0.4 is 4.74 Å². The number of hydrogen-bond donors (Lipinski definition) is 0. The van der Waals surface area contributed by atoms with Crippen molar-refractivity contribution in [2.45, 2.75) is 26.2 Å². The number of carbonyl (C=O) groups is 1. The molecule has 0 amide bonds. The first kappa shape index (κ1) is 20.9. The van der Waals surface area contributed by atoms with Gasteiger partial charge >= 0.3 is 5.97 Å². The fourth-order valence-electron chi connectivity index (χ4n) is 2.60. The van der Waals surface area contributed by atoms with Crippen LogP contribution in [0, 0.1) is 0 Å². The van der Waals surface area contributed by atoms with Crippen LogP contribution in [0.15, 0.2) is 36.4 Å². The third-order valence-electron chi connectivity index (χ3n) is 4.16. The van der Waals surface area contributed by atoms with Crippen LogP contribution in [0.1, 0.15) is 42.3 Å². The fraction of sp³-hybridized carbons (Fsp3) is 0.350. The molecule has 3 nitrogen and oxygen atoms in total. The number of rotatable bonds is 7. The number of halogens is 3. The van der Waals surface area contributed by atoms with Gasteiger partial charge < -0.3 is 9.47 Å². The highest BCUT2D eigenvalue weighted by Gasteiger charge is 2.26. The molecule has 0 heterocycles. The van der Waals surface area contributed by atoms with Gasteiger partial charge in [-0.1, -0.05) is 49.2 Å². The van der Waals surface area contributed by atoms with Crippen LogP contribution in [-0.2, 0) is 10.2 Å². The molecule has 2 aromatic carbocycles.